The van der Waals surface area contributed by atoms with Crippen molar-refractivity contribution in [3.05, 3.63) is 10.3 Å². The highest BCUT2D eigenvalue weighted by atomic mass is 32.1. The average molecular weight is 185 g/mol. The van der Waals surface area contributed by atoms with Crippen LogP contribution in [0.25, 0.3) is 0 Å². The Hall–Kier alpha value is -0.700. The van der Waals surface area contributed by atoms with Gasteiger partial charge in [0.25, 0.3) is 0 Å². The van der Waals surface area contributed by atoms with Gasteiger partial charge in [0.2, 0.25) is 0 Å². The van der Waals surface area contributed by atoms with Crippen LogP contribution in [-0.2, 0) is 0 Å². The van der Waals surface area contributed by atoms with Crippen molar-refractivity contribution in [3.63, 3.8) is 0 Å². The zero-order valence-corrected chi connectivity index (χ0v) is 8.41. The fourth-order valence-electron chi connectivity index (χ4n) is 0.881. The van der Waals surface area contributed by atoms with Crippen molar-refractivity contribution in [3.8, 4) is 5.75 Å². The summed E-state index contributed by atoms with van der Waals surface area (Å²) in [5.41, 5.74) is 6.57. The van der Waals surface area contributed by atoms with Crippen LogP contribution in [0.2, 0.25) is 0 Å². The molecule has 1 aromatic heterocycles. The molecule has 12 heavy (non-hydrogen) atoms. The largest absolute Gasteiger partial charge is 0.491 e. The Bertz CT molecular complexity index is 245. The van der Waals surface area contributed by atoms with Crippen LogP contribution in [0.3, 0.4) is 0 Å². The Balaban J connectivity index is 2.46. The maximum atomic E-state index is 5.77. The van der Waals surface area contributed by atoms with E-state index >= 15 is 0 Å². The first kappa shape index (κ1) is 9.39. The predicted octanol–water partition coefficient (Wildman–Crippen LogP) is 2.82. The first-order valence-corrected chi connectivity index (χ1v) is 5.10. The van der Waals surface area contributed by atoms with Crippen molar-refractivity contribution in [2.45, 2.75) is 26.7 Å². The summed E-state index contributed by atoms with van der Waals surface area (Å²) in [6, 6.07) is 0. The molecule has 3 heteroatoms. The molecule has 0 aliphatic carbocycles. The number of ether oxygens (including phenoxy) is 1. The van der Waals surface area contributed by atoms with Gasteiger partial charge >= 0.3 is 0 Å². The van der Waals surface area contributed by atoms with Gasteiger partial charge in [-0.2, -0.15) is 0 Å². The van der Waals surface area contributed by atoms with Crippen molar-refractivity contribution in [2.75, 3.05) is 12.3 Å². The van der Waals surface area contributed by atoms with E-state index in [9.17, 15) is 0 Å². The normalized spacial score (nSPS) is 10.2. The number of nitrogen functional groups attached to an aromatic ring is 1. The van der Waals surface area contributed by atoms with Crippen LogP contribution in [0.5, 0.6) is 5.75 Å². The summed E-state index contributed by atoms with van der Waals surface area (Å²) in [6.07, 6.45) is 2.25. The first-order chi connectivity index (χ1) is 5.75. The zero-order valence-electron chi connectivity index (χ0n) is 7.59. The van der Waals surface area contributed by atoms with E-state index < -0.39 is 0 Å². The molecule has 0 aliphatic heterocycles. The molecule has 0 aromatic carbocycles. The van der Waals surface area contributed by atoms with Crippen LogP contribution >= 0.6 is 11.3 Å². The minimum atomic E-state index is 0.775. The number of hydrogen-bond donors (Lipinski definition) is 1. The standard InChI is InChI=1S/C9H15NOS/c1-3-4-5-11-8-6-12-7(2)9(8)10/h6H,3-5,10H2,1-2H3. The molecule has 0 radical (unpaired) electrons. The molecule has 0 atom stereocenters. The molecule has 1 rings (SSSR count). The Morgan fingerprint density at radius 2 is 2.33 bits per heavy atom. The highest BCUT2D eigenvalue weighted by Crippen LogP contribution is 2.31. The van der Waals surface area contributed by atoms with Crippen LogP contribution < -0.4 is 10.5 Å². The van der Waals surface area contributed by atoms with Gasteiger partial charge in [-0.05, 0) is 13.3 Å². The number of nitrogens with two attached hydrogens (primary N) is 1. The van der Waals surface area contributed by atoms with Gasteiger partial charge in [0, 0.05) is 10.3 Å². The van der Waals surface area contributed by atoms with E-state index in [2.05, 4.69) is 6.92 Å². The molecular formula is C9H15NOS. The lowest BCUT2D eigenvalue weighted by atomic mass is 10.3. The molecule has 2 nitrogen and oxygen atoms in total. The number of anilines is 1. The van der Waals surface area contributed by atoms with E-state index in [1.807, 2.05) is 12.3 Å². The maximum Gasteiger partial charge on any atom is 0.153 e. The fourth-order valence-corrected chi connectivity index (χ4v) is 1.59. The Morgan fingerprint density at radius 1 is 1.58 bits per heavy atom. The Morgan fingerprint density at radius 3 is 2.83 bits per heavy atom. The third kappa shape index (κ3) is 2.14. The molecule has 0 bridgehead atoms. The summed E-state index contributed by atoms with van der Waals surface area (Å²) in [6.45, 7) is 4.93. The highest BCUT2D eigenvalue weighted by Gasteiger charge is 2.04. The Labute approximate surface area is 77.3 Å². The molecule has 1 heterocycles. The lowest BCUT2D eigenvalue weighted by Gasteiger charge is -2.03. The van der Waals surface area contributed by atoms with Crippen LogP contribution in [0.4, 0.5) is 5.69 Å². The zero-order chi connectivity index (χ0) is 8.97. The molecule has 1 aromatic rings. The fraction of sp³-hybridized carbons (Fsp3) is 0.556. The maximum absolute atomic E-state index is 5.77. The quantitative estimate of drug-likeness (QED) is 0.732. The summed E-state index contributed by atoms with van der Waals surface area (Å²) in [7, 11) is 0. The molecule has 0 fully saturated rings. The van der Waals surface area contributed by atoms with Gasteiger partial charge in [0.05, 0.1) is 12.3 Å². The van der Waals surface area contributed by atoms with E-state index in [1.54, 1.807) is 11.3 Å². The Kier molecular flexibility index (Phi) is 3.41. The third-order valence-electron chi connectivity index (χ3n) is 1.74. The van der Waals surface area contributed by atoms with Gasteiger partial charge in [-0.15, -0.1) is 11.3 Å². The summed E-state index contributed by atoms with van der Waals surface area (Å²) in [4.78, 5) is 1.14. The number of aryl methyl sites for hydroxylation is 1. The highest BCUT2D eigenvalue weighted by molar-refractivity contribution is 7.10. The predicted molar refractivity (Wildman–Crippen MR) is 53.9 cm³/mol. The minimum Gasteiger partial charge on any atom is -0.491 e. The van der Waals surface area contributed by atoms with Crippen LogP contribution in [-0.4, -0.2) is 6.61 Å². The molecule has 0 aliphatic rings. The van der Waals surface area contributed by atoms with Gasteiger partial charge in [-0.25, -0.2) is 0 Å². The molecule has 0 unspecified atom stereocenters. The van der Waals surface area contributed by atoms with Crippen molar-refractivity contribution >= 4 is 17.0 Å². The molecule has 68 valence electrons. The summed E-state index contributed by atoms with van der Waals surface area (Å²) >= 11 is 1.64. The minimum absolute atomic E-state index is 0.775. The molecule has 0 saturated heterocycles. The average Bonchev–Trinajstić information content (AvgIpc) is 2.36. The molecular weight excluding hydrogens is 170 g/mol. The smallest absolute Gasteiger partial charge is 0.153 e. The van der Waals surface area contributed by atoms with Crippen molar-refractivity contribution in [1.82, 2.24) is 0 Å². The summed E-state index contributed by atoms with van der Waals surface area (Å²) in [5.74, 6) is 0.853. The van der Waals surface area contributed by atoms with E-state index in [0.29, 0.717) is 0 Å². The number of thiophene rings is 1. The lowest BCUT2D eigenvalue weighted by Crippen LogP contribution is -1.98. The molecule has 0 amide bonds. The van der Waals surface area contributed by atoms with E-state index in [1.165, 1.54) is 0 Å². The topological polar surface area (TPSA) is 35.2 Å². The van der Waals surface area contributed by atoms with E-state index in [-0.39, 0.29) is 0 Å². The molecule has 0 spiro atoms. The van der Waals surface area contributed by atoms with Gasteiger partial charge in [-0.1, -0.05) is 13.3 Å². The van der Waals surface area contributed by atoms with Gasteiger partial charge in [0.15, 0.2) is 5.75 Å². The van der Waals surface area contributed by atoms with E-state index in [4.69, 9.17) is 10.5 Å². The van der Waals surface area contributed by atoms with Gasteiger partial charge < -0.3 is 10.5 Å². The van der Waals surface area contributed by atoms with Crippen molar-refractivity contribution in [1.29, 1.82) is 0 Å². The first-order valence-electron chi connectivity index (χ1n) is 4.22. The summed E-state index contributed by atoms with van der Waals surface area (Å²) < 4.78 is 5.48. The SMILES string of the molecule is CCCCOc1csc(C)c1N. The summed E-state index contributed by atoms with van der Waals surface area (Å²) in [5, 5.41) is 1.97. The lowest BCUT2D eigenvalue weighted by molar-refractivity contribution is 0.312. The van der Waals surface area contributed by atoms with Gasteiger partial charge in [-0.3, -0.25) is 0 Å². The molecule has 0 saturated carbocycles. The van der Waals surface area contributed by atoms with Crippen molar-refractivity contribution in [2.24, 2.45) is 0 Å². The number of unbranched alkanes of at least 4 members (excludes halogenated alkanes) is 1. The number of rotatable bonds is 4. The second-order valence-corrected chi connectivity index (χ2v) is 3.86. The monoisotopic (exact) mass is 185 g/mol. The van der Waals surface area contributed by atoms with Crippen LogP contribution in [0, 0.1) is 6.92 Å². The second-order valence-electron chi connectivity index (χ2n) is 2.77. The van der Waals surface area contributed by atoms with Crippen LogP contribution in [0.1, 0.15) is 24.6 Å². The third-order valence-corrected chi connectivity index (χ3v) is 2.65. The van der Waals surface area contributed by atoms with Crippen LogP contribution in [0.15, 0.2) is 5.38 Å². The number of hydrogen-bond acceptors (Lipinski definition) is 3. The van der Waals surface area contributed by atoms with Gasteiger partial charge in [0.1, 0.15) is 0 Å². The van der Waals surface area contributed by atoms with Crippen molar-refractivity contribution < 1.29 is 4.74 Å². The second kappa shape index (κ2) is 4.36. The van der Waals surface area contributed by atoms with E-state index in [0.717, 1.165) is 35.8 Å². The molecule has 2 N–H and O–H groups in total.